The second kappa shape index (κ2) is 4.50. The maximum absolute atomic E-state index is 11.2. The Kier molecular flexibility index (Phi) is 3.31. The van der Waals surface area contributed by atoms with E-state index in [1.54, 1.807) is 31.2 Å². The standard InChI is InChI=1S/C10H11O3/c1-3-13-10(11)8-4-6-9(12-2)7-5-8/h4-7H,2-3H2,1H3. The number of carbonyl (C=O) groups excluding carboxylic acids is 1. The number of esters is 1. The lowest BCUT2D eigenvalue weighted by atomic mass is 10.2. The summed E-state index contributed by atoms with van der Waals surface area (Å²) in [5.74, 6) is 0.297. The van der Waals surface area contributed by atoms with E-state index in [1.807, 2.05) is 0 Å². The molecule has 0 saturated heterocycles. The van der Waals surface area contributed by atoms with Crippen LogP contribution in [0.5, 0.6) is 5.75 Å². The van der Waals surface area contributed by atoms with Crippen LogP contribution in [0.1, 0.15) is 17.3 Å². The molecule has 0 saturated carbocycles. The smallest absolute Gasteiger partial charge is 0.338 e. The van der Waals surface area contributed by atoms with Crippen LogP contribution in [0.25, 0.3) is 0 Å². The first-order valence-corrected chi connectivity index (χ1v) is 3.97. The number of benzene rings is 1. The van der Waals surface area contributed by atoms with Gasteiger partial charge in [-0.05, 0) is 31.2 Å². The summed E-state index contributed by atoms with van der Waals surface area (Å²) in [6.45, 7) is 2.15. The molecule has 1 rings (SSSR count). The zero-order valence-electron chi connectivity index (χ0n) is 7.45. The number of hydrogen-bond donors (Lipinski definition) is 0. The van der Waals surface area contributed by atoms with Gasteiger partial charge < -0.3 is 9.47 Å². The zero-order chi connectivity index (χ0) is 9.68. The van der Waals surface area contributed by atoms with Gasteiger partial charge in [0.15, 0.2) is 0 Å². The van der Waals surface area contributed by atoms with Gasteiger partial charge in [-0.25, -0.2) is 4.79 Å². The largest absolute Gasteiger partial charge is 0.490 e. The van der Waals surface area contributed by atoms with Gasteiger partial charge in [-0.1, -0.05) is 0 Å². The molecule has 0 bridgehead atoms. The molecule has 1 aromatic rings. The third kappa shape index (κ3) is 2.47. The number of hydrogen-bond acceptors (Lipinski definition) is 3. The Labute approximate surface area is 77.3 Å². The van der Waals surface area contributed by atoms with E-state index in [0.29, 0.717) is 17.9 Å². The molecule has 0 spiro atoms. The summed E-state index contributed by atoms with van der Waals surface area (Å²) in [7, 11) is 3.25. The number of rotatable bonds is 3. The molecule has 3 heteroatoms. The fraction of sp³-hybridized carbons (Fsp3) is 0.200. The van der Waals surface area contributed by atoms with Gasteiger partial charge in [-0.2, -0.15) is 0 Å². The fourth-order valence-electron chi connectivity index (χ4n) is 0.902. The first kappa shape index (κ1) is 9.58. The number of ether oxygens (including phenoxy) is 2. The van der Waals surface area contributed by atoms with Gasteiger partial charge in [0.1, 0.15) is 12.9 Å². The second-order valence-electron chi connectivity index (χ2n) is 2.39. The highest BCUT2D eigenvalue weighted by Crippen LogP contribution is 2.12. The van der Waals surface area contributed by atoms with Crippen LogP contribution >= 0.6 is 0 Å². The van der Waals surface area contributed by atoms with E-state index in [1.165, 1.54) is 0 Å². The normalized spacial score (nSPS) is 9.38. The van der Waals surface area contributed by atoms with Crippen molar-refractivity contribution in [2.24, 2.45) is 0 Å². The van der Waals surface area contributed by atoms with E-state index in [4.69, 9.17) is 9.47 Å². The SMILES string of the molecule is [CH2]Oc1ccc(C(=O)OCC)cc1. The predicted octanol–water partition coefficient (Wildman–Crippen LogP) is 2.03. The van der Waals surface area contributed by atoms with Gasteiger partial charge in [-0.15, -0.1) is 0 Å². The molecule has 0 atom stereocenters. The van der Waals surface area contributed by atoms with Gasteiger partial charge in [0, 0.05) is 0 Å². The van der Waals surface area contributed by atoms with E-state index in [-0.39, 0.29) is 5.97 Å². The first-order valence-electron chi connectivity index (χ1n) is 3.97. The van der Waals surface area contributed by atoms with E-state index in [9.17, 15) is 4.79 Å². The molecular formula is C10H11O3. The van der Waals surface area contributed by atoms with Crippen molar-refractivity contribution >= 4 is 5.97 Å². The summed E-state index contributed by atoms with van der Waals surface area (Å²) in [6.07, 6.45) is 0. The fourth-order valence-corrected chi connectivity index (χ4v) is 0.902. The van der Waals surface area contributed by atoms with Crippen LogP contribution in [0.3, 0.4) is 0 Å². The van der Waals surface area contributed by atoms with Crippen LogP contribution in [0.15, 0.2) is 24.3 Å². The van der Waals surface area contributed by atoms with E-state index in [2.05, 4.69) is 7.11 Å². The quantitative estimate of drug-likeness (QED) is 0.666. The molecule has 0 unspecified atom stereocenters. The second-order valence-corrected chi connectivity index (χ2v) is 2.39. The topological polar surface area (TPSA) is 35.5 Å². The molecule has 0 aromatic heterocycles. The van der Waals surface area contributed by atoms with Crippen LogP contribution < -0.4 is 4.74 Å². The van der Waals surface area contributed by atoms with Crippen LogP contribution in [0.4, 0.5) is 0 Å². The van der Waals surface area contributed by atoms with Crippen molar-refractivity contribution in [3.63, 3.8) is 0 Å². The average molecular weight is 179 g/mol. The van der Waals surface area contributed by atoms with E-state index < -0.39 is 0 Å². The van der Waals surface area contributed by atoms with Gasteiger partial charge in [0.2, 0.25) is 0 Å². The maximum Gasteiger partial charge on any atom is 0.338 e. The summed E-state index contributed by atoms with van der Waals surface area (Å²) in [6, 6.07) is 6.61. The molecule has 0 aliphatic carbocycles. The lowest BCUT2D eigenvalue weighted by Gasteiger charge is -2.02. The Morgan fingerprint density at radius 2 is 2.00 bits per heavy atom. The lowest BCUT2D eigenvalue weighted by molar-refractivity contribution is 0.0526. The third-order valence-corrected chi connectivity index (χ3v) is 1.53. The predicted molar refractivity (Wildman–Crippen MR) is 48.4 cm³/mol. The molecule has 0 heterocycles. The van der Waals surface area contributed by atoms with Crippen LogP contribution in [-0.2, 0) is 4.74 Å². The van der Waals surface area contributed by atoms with Crippen molar-refractivity contribution in [3.8, 4) is 5.75 Å². The van der Waals surface area contributed by atoms with Crippen molar-refractivity contribution in [3.05, 3.63) is 36.9 Å². The van der Waals surface area contributed by atoms with Crippen molar-refractivity contribution in [2.45, 2.75) is 6.92 Å². The Hall–Kier alpha value is -1.51. The third-order valence-electron chi connectivity index (χ3n) is 1.53. The average Bonchev–Trinajstić information content (AvgIpc) is 2.18. The summed E-state index contributed by atoms with van der Waals surface area (Å²) in [5.41, 5.74) is 0.516. The molecule has 0 N–H and O–H groups in total. The van der Waals surface area contributed by atoms with Crippen molar-refractivity contribution in [1.82, 2.24) is 0 Å². The summed E-state index contributed by atoms with van der Waals surface area (Å²) < 4.78 is 9.51. The highest BCUT2D eigenvalue weighted by molar-refractivity contribution is 5.89. The van der Waals surface area contributed by atoms with Crippen LogP contribution in [-0.4, -0.2) is 12.6 Å². The molecule has 0 aliphatic rings. The summed E-state index contributed by atoms with van der Waals surface area (Å²) in [4.78, 5) is 11.2. The van der Waals surface area contributed by atoms with Crippen LogP contribution in [0.2, 0.25) is 0 Å². The molecule has 3 nitrogen and oxygen atoms in total. The van der Waals surface area contributed by atoms with Gasteiger partial charge in [-0.3, -0.25) is 0 Å². The molecule has 0 fully saturated rings. The van der Waals surface area contributed by atoms with E-state index >= 15 is 0 Å². The monoisotopic (exact) mass is 179 g/mol. The lowest BCUT2D eigenvalue weighted by Crippen LogP contribution is -2.03. The Balaban J connectivity index is 2.74. The molecule has 13 heavy (non-hydrogen) atoms. The number of carbonyl (C=O) groups is 1. The summed E-state index contributed by atoms with van der Waals surface area (Å²) >= 11 is 0. The molecule has 0 aliphatic heterocycles. The molecular weight excluding hydrogens is 168 g/mol. The minimum atomic E-state index is -0.321. The van der Waals surface area contributed by atoms with Gasteiger partial charge in [0.05, 0.1) is 12.2 Å². The summed E-state index contributed by atoms with van der Waals surface area (Å²) in [5, 5.41) is 0. The Morgan fingerprint density at radius 1 is 1.38 bits per heavy atom. The van der Waals surface area contributed by atoms with Crippen molar-refractivity contribution < 1.29 is 14.3 Å². The Bertz CT molecular complexity index is 277. The molecule has 0 amide bonds. The minimum absolute atomic E-state index is 0.321. The van der Waals surface area contributed by atoms with E-state index in [0.717, 1.165) is 0 Å². The van der Waals surface area contributed by atoms with Crippen LogP contribution in [0, 0.1) is 7.11 Å². The highest BCUT2D eigenvalue weighted by atomic mass is 16.5. The van der Waals surface area contributed by atoms with Crippen molar-refractivity contribution in [2.75, 3.05) is 6.61 Å². The highest BCUT2D eigenvalue weighted by Gasteiger charge is 2.04. The van der Waals surface area contributed by atoms with Crippen molar-refractivity contribution in [1.29, 1.82) is 0 Å². The zero-order valence-corrected chi connectivity index (χ0v) is 7.45. The maximum atomic E-state index is 11.2. The minimum Gasteiger partial charge on any atom is -0.490 e. The first-order chi connectivity index (χ1) is 6.27. The van der Waals surface area contributed by atoms with Gasteiger partial charge in [0.25, 0.3) is 0 Å². The molecule has 1 radical (unpaired) electrons. The Morgan fingerprint density at radius 3 is 2.46 bits per heavy atom. The molecule has 69 valence electrons. The molecule has 1 aromatic carbocycles. The van der Waals surface area contributed by atoms with Gasteiger partial charge >= 0.3 is 5.97 Å².